The number of aromatic hydroxyl groups is 1. The number of nitrogens with zero attached hydrogens (tertiary/aromatic N) is 2. The second kappa shape index (κ2) is 5.09. The molecule has 6 heteroatoms. The zero-order valence-electron chi connectivity index (χ0n) is 10.6. The van der Waals surface area contributed by atoms with E-state index in [-0.39, 0.29) is 17.4 Å². The summed E-state index contributed by atoms with van der Waals surface area (Å²) in [6.45, 7) is 1.76. The fraction of sp³-hybridized carbons (Fsp3) is 0.231. The Kier molecular flexibility index (Phi) is 3.50. The van der Waals surface area contributed by atoms with E-state index in [1.54, 1.807) is 31.0 Å². The predicted molar refractivity (Wildman–Crippen MR) is 67.2 cm³/mol. The van der Waals surface area contributed by atoms with Crippen molar-refractivity contribution in [2.45, 2.75) is 13.0 Å². The van der Waals surface area contributed by atoms with Crippen molar-refractivity contribution in [3.05, 3.63) is 47.5 Å². The predicted octanol–water partition coefficient (Wildman–Crippen LogP) is 1.76. The molecule has 2 rings (SSSR count). The Labute approximate surface area is 109 Å². The van der Waals surface area contributed by atoms with Crippen LogP contribution in [-0.4, -0.2) is 20.8 Å². The Morgan fingerprint density at radius 3 is 2.84 bits per heavy atom. The highest BCUT2D eigenvalue weighted by Crippen LogP contribution is 2.21. The first-order valence-corrected chi connectivity index (χ1v) is 5.76. The lowest BCUT2D eigenvalue weighted by atomic mass is 10.1. The minimum absolute atomic E-state index is 0.333. The quantitative estimate of drug-likeness (QED) is 0.886. The first kappa shape index (κ1) is 13.1. The molecular formula is C13H14FN3O2. The molecule has 1 amide bonds. The highest BCUT2D eigenvalue weighted by Gasteiger charge is 2.19. The zero-order chi connectivity index (χ0) is 14.0. The molecular weight excluding hydrogens is 249 g/mol. The van der Waals surface area contributed by atoms with E-state index in [0.717, 1.165) is 11.6 Å². The van der Waals surface area contributed by atoms with Crippen LogP contribution in [0.15, 0.2) is 30.6 Å². The van der Waals surface area contributed by atoms with Gasteiger partial charge in [0.2, 0.25) is 0 Å². The summed E-state index contributed by atoms with van der Waals surface area (Å²) < 4.78 is 15.1. The number of aromatic nitrogens is 2. The normalized spacial score (nSPS) is 12.2. The van der Waals surface area contributed by atoms with E-state index in [1.165, 1.54) is 12.1 Å². The molecule has 0 fully saturated rings. The van der Waals surface area contributed by atoms with Crippen LogP contribution in [0.4, 0.5) is 4.39 Å². The van der Waals surface area contributed by atoms with E-state index in [9.17, 15) is 14.3 Å². The van der Waals surface area contributed by atoms with Crippen LogP contribution in [0.3, 0.4) is 0 Å². The molecule has 0 unspecified atom stereocenters. The van der Waals surface area contributed by atoms with Crippen LogP contribution < -0.4 is 5.32 Å². The Bertz CT molecular complexity index is 589. The van der Waals surface area contributed by atoms with Crippen LogP contribution in [0.1, 0.15) is 28.9 Å². The number of benzene rings is 1. The number of amides is 1. The highest BCUT2D eigenvalue weighted by molar-refractivity contribution is 5.97. The van der Waals surface area contributed by atoms with E-state index in [4.69, 9.17) is 0 Å². The van der Waals surface area contributed by atoms with Gasteiger partial charge in [0.1, 0.15) is 17.1 Å². The number of hydrogen-bond donors (Lipinski definition) is 2. The van der Waals surface area contributed by atoms with Gasteiger partial charge in [0.25, 0.3) is 5.91 Å². The van der Waals surface area contributed by atoms with Gasteiger partial charge in [-0.05, 0) is 19.1 Å². The topological polar surface area (TPSA) is 67.2 Å². The zero-order valence-corrected chi connectivity index (χ0v) is 10.6. The summed E-state index contributed by atoms with van der Waals surface area (Å²) in [6, 6.07) is 3.41. The van der Waals surface area contributed by atoms with Crippen LogP contribution in [0.25, 0.3) is 0 Å². The number of aryl methyl sites for hydroxylation is 1. The summed E-state index contributed by atoms with van der Waals surface area (Å²) in [6.07, 6.45) is 3.37. The summed E-state index contributed by atoms with van der Waals surface area (Å²) >= 11 is 0. The molecule has 1 aromatic heterocycles. The van der Waals surface area contributed by atoms with Crippen LogP contribution in [-0.2, 0) is 7.05 Å². The summed E-state index contributed by atoms with van der Waals surface area (Å²) in [5, 5.41) is 16.1. The molecule has 0 spiro atoms. The molecule has 1 aromatic carbocycles. The lowest BCUT2D eigenvalue weighted by Gasteiger charge is -2.13. The van der Waals surface area contributed by atoms with Gasteiger partial charge < -0.3 is 10.4 Å². The van der Waals surface area contributed by atoms with Gasteiger partial charge in [-0.3, -0.25) is 9.48 Å². The van der Waals surface area contributed by atoms with Crippen LogP contribution in [0, 0.1) is 5.82 Å². The Balaban J connectivity index is 2.17. The van der Waals surface area contributed by atoms with Crippen molar-refractivity contribution < 1.29 is 14.3 Å². The lowest BCUT2D eigenvalue weighted by Crippen LogP contribution is -2.27. The van der Waals surface area contributed by atoms with Crippen LogP contribution in [0.5, 0.6) is 5.75 Å². The second-order valence-electron chi connectivity index (χ2n) is 4.28. The first-order valence-electron chi connectivity index (χ1n) is 5.76. The molecule has 0 aliphatic carbocycles. The summed E-state index contributed by atoms with van der Waals surface area (Å²) in [5.74, 6) is -1.79. The molecule has 0 radical (unpaired) electrons. The monoisotopic (exact) mass is 263 g/mol. The number of hydrogen-bond acceptors (Lipinski definition) is 3. The van der Waals surface area contributed by atoms with Crippen molar-refractivity contribution in [1.29, 1.82) is 0 Å². The van der Waals surface area contributed by atoms with E-state index < -0.39 is 11.7 Å². The van der Waals surface area contributed by atoms with Gasteiger partial charge in [0, 0.05) is 18.8 Å². The molecule has 0 saturated carbocycles. The first-order chi connectivity index (χ1) is 8.99. The third-order valence-electron chi connectivity index (χ3n) is 2.79. The van der Waals surface area contributed by atoms with E-state index >= 15 is 0 Å². The maximum Gasteiger partial charge on any atom is 0.258 e. The minimum atomic E-state index is -0.754. The molecule has 0 aliphatic rings. The molecule has 2 N–H and O–H groups in total. The molecule has 0 saturated heterocycles. The van der Waals surface area contributed by atoms with Crippen molar-refractivity contribution >= 4 is 5.91 Å². The molecule has 5 nitrogen and oxygen atoms in total. The summed E-state index contributed by atoms with van der Waals surface area (Å²) in [7, 11) is 1.76. The summed E-state index contributed by atoms with van der Waals surface area (Å²) in [5.41, 5.74) is 0.449. The van der Waals surface area contributed by atoms with Gasteiger partial charge in [0.15, 0.2) is 0 Å². The maximum absolute atomic E-state index is 13.5. The molecule has 19 heavy (non-hydrogen) atoms. The third-order valence-corrected chi connectivity index (χ3v) is 2.79. The number of carbonyl (C=O) groups is 1. The minimum Gasteiger partial charge on any atom is -0.507 e. The average Bonchev–Trinajstić information content (AvgIpc) is 2.75. The van der Waals surface area contributed by atoms with E-state index in [0.29, 0.717) is 0 Å². The average molecular weight is 263 g/mol. The molecule has 1 heterocycles. The number of phenols is 1. The summed E-state index contributed by atoms with van der Waals surface area (Å²) in [4.78, 5) is 11.9. The van der Waals surface area contributed by atoms with Crippen LogP contribution >= 0.6 is 0 Å². The smallest absolute Gasteiger partial charge is 0.258 e. The number of rotatable bonds is 3. The van der Waals surface area contributed by atoms with Crippen molar-refractivity contribution in [1.82, 2.24) is 15.1 Å². The molecule has 0 aliphatic heterocycles. The van der Waals surface area contributed by atoms with Gasteiger partial charge in [-0.25, -0.2) is 4.39 Å². The Morgan fingerprint density at radius 2 is 2.26 bits per heavy atom. The molecule has 100 valence electrons. The van der Waals surface area contributed by atoms with E-state index in [2.05, 4.69) is 10.4 Å². The highest BCUT2D eigenvalue weighted by atomic mass is 19.1. The molecule has 1 atom stereocenters. The Hall–Kier alpha value is -2.37. The fourth-order valence-corrected chi connectivity index (χ4v) is 1.75. The molecule has 0 bridgehead atoms. The lowest BCUT2D eigenvalue weighted by molar-refractivity contribution is 0.0933. The SMILES string of the molecule is C[C@@H](NC(=O)c1c(O)cccc1F)c1cnn(C)c1. The number of halogens is 1. The van der Waals surface area contributed by atoms with Gasteiger partial charge in [0.05, 0.1) is 12.2 Å². The van der Waals surface area contributed by atoms with Crippen LogP contribution in [0.2, 0.25) is 0 Å². The fourth-order valence-electron chi connectivity index (χ4n) is 1.75. The number of phenolic OH excluding ortho intramolecular Hbond substituents is 1. The van der Waals surface area contributed by atoms with Gasteiger partial charge in [-0.1, -0.05) is 6.07 Å². The van der Waals surface area contributed by atoms with Crippen molar-refractivity contribution in [3.8, 4) is 5.75 Å². The van der Waals surface area contributed by atoms with Crippen molar-refractivity contribution in [2.75, 3.05) is 0 Å². The van der Waals surface area contributed by atoms with Crippen molar-refractivity contribution in [2.24, 2.45) is 7.05 Å². The Morgan fingerprint density at radius 1 is 1.53 bits per heavy atom. The third kappa shape index (κ3) is 2.73. The van der Waals surface area contributed by atoms with E-state index in [1.807, 2.05) is 0 Å². The number of carbonyl (C=O) groups excluding carboxylic acids is 1. The van der Waals surface area contributed by atoms with Gasteiger partial charge in [-0.15, -0.1) is 0 Å². The van der Waals surface area contributed by atoms with Gasteiger partial charge in [-0.2, -0.15) is 5.10 Å². The standard InChI is InChI=1S/C13H14FN3O2/c1-8(9-6-15-17(2)7-9)16-13(19)12-10(14)4-3-5-11(12)18/h3-8,18H,1-2H3,(H,16,19)/t8-/m1/s1. The molecule has 2 aromatic rings. The maximum atomic E-state index is 13.5. The van der Waals surface area contributed by atoms with Crippen molar-refractivity contribution in [3.63, 3.8) is 0 Å². The second-order valence-corrected chi connectivity index (χ2v) is 4.28. The largest absolute Gasteiger partial charge is 0.507 e. The number of nitrogens with one attached hydrogen (secondary N) is 1. The van der Waals surface area contributed by atoms with Gasteiger partial charge >= 0.3 is 0 Å².